The van der Waals surface area contributed by atoms with Crippen LogP contribution in [0.2, 0.25) is 0 Å². The molecule has 4 rings (SSSR count). The van der Waals surface area contributed by atoms with Gasteiger partial charge in [-0.3, -0.25) is 14.1 Å². The minimum Gasteiger partial charge on any atom is -0.295 e. The maximum atomic E-state index is 12.7. The number of rotatable bonds is 5. The second-order valence-corrected chi connectivity index (χ2v) is 7.38. The number of pyridine rings is 1. The van der Waals surface area contributed by atoms with E-state index in [1.807, 2.05) is 66.2 Å². The Labute approximate surface area is 153 Å². The minimum atomic E-state index is 0.0410. The summed E-state index contributed by atoms with van der Waals surface area (Å²) in [5, 5.41) is 1.58. The summed E-state index contributed by atoms with van der Waals surface area (Å²) in [4.78, 5) is 23.5. The Balaban J connectivity index is 1.52. The number of carbonyl (C=O) groups is 1. The molecule has 3 heterocycles. The zero-order valence-electron chi connectivity index (χ0n) is 13.6. The molecule has 0 fully saturated rings. The molecule has 7 heteroatoms. The van der Waals surface area contributed by atoms with E-state index in [1.165, 1.54) is 11.8 Å². The van der Waals surface area contributed by atoms with Crippen LogP contribution in [0.3, 0.4) is 0 Å². The minimum absolute atomic E-state index is 0.0410. The first kappa shape index (κ1) is 16.1. The van der Waals surface area contributed by atoms with Crippen molar-refractivity contribution in [2.75, 3.05) is 17.2 Å². The molecule has 0 spiro atoms. The maximum absolute atomic E-state index is 12.7. The molecule has 1 aromatic carbocycles. The predicted octanol–water partition coefficient (Wildman–Crippen LogP) is 4.09. The van der Waals surface area contributed by atoms with Gasteiger partial charge in [-0.15, -0.1) is 0 Å². The first-order valence-electron chi connectivity index (χ1n) is 7.97. The number of hydrogen-bond donors (Lipinski definition) is 0. The average molecular weight is 368 g/mol. The first-order chi connectivity index (χ1) is 12.3. The predicted molar refractivity (Wildman–Crippen MR) is 104 cm³/mol. The summed E-state index contributed by atoms with van der Waals surface area (Å²) in [6.07, 6.45) is 3.78. The number of amides is 1. The van der Waals surface area contributed by atoms with Gasteiger partial charge in [0.1, 0.15) is 0 Å². The summed E-state index contributed by atoms with van der Waals surface area (Å²) in [5.41, 5.74) is 1.96. The van der Waals surface area contributed by atoms with E-state index in [0.29, 0.717) is 12.3 Å². The van der Waals surface area contributed by atoms with Crippen LogP contribution in [0.25, 0.3) is 15.7 Å². The molecule has 0 saturated heterocycles. The van der Waals surface area contributed by atoms with Gasteiger partial charge in [-0.05, 0) is 31.2 Å². The lowest BCUT2D eigenvalue weighted by atomic mass is 10.3. The molecular formula is C18H16N4OS2. The summed E-state index contributed by atoms with van der Waals surface area (Å²) in [7, 11) is 0. The third-order valence-corrected chi connectivity index (χ3v) is 5.87. The molecule has 126 valence electrons. The highest BCUT2D eigenvalue weighted by Crippen LogP contribution is 2.29. The SMILES string of the molecule is CCN(C(=O)CSc1ncc2ccccn12)c1nc2ccccc2s1. The first-order valence-corrected chi connectivity index (χ1v) is 9.77. The van der Waals surface area contributed by atoms with Crippen molar-refractivity contribution >= 4 is 49.9 Å². The van der Waals surface area contributed by atoms with Crippen molar-refractivity contribution < 1.29 is 4.79 Å². The van der Waals surface area contributed by atoms with Gasteiger partial charge in [-0.1, -0.05) is 41.3 Å². The van der Waals surface area contributed by atoms with Crippen LogP contribution in [0.1, 0.15) is 6.92 Å². The standard InChI is InChI=1S/C18H16N4OS2/c1-2-21(18-20-14-8-3-4-9-15(14)25-18)16(23)12-24-17-19-11-13-7-5-6-10-22(13)17/h3-11H,2,12H2,1H3. The number of benzene rings is 1. The lowest BCUT2D eigenvalue weighted by Gasteiger charge is -2.17. The molecule has 4 aromatic rings. The summed E-state index contributed by atoms with van der Waals surface area (Å²) >= 11 is 3.00. The fraction of sp³-hybridized carbons (Fsp3) is 0.167. The number of anilines is 1. The van der Waals surface area contributed by atoms with Crippen LogP contribution in [-0.4, -0.2) is 32.6 Å². The molecular weight excluding hydrogens is 352 g/mol. The summed E-state index contributed by atoms with van der Waals surface area (Å²) in [5.74, 6) is 0.372. The Morgan fingerprint density at radius 1 is 1.24 bits per heavy atom. The molecule has 0 radical (unpaired) electrons. The normalized spacial score (nSPS) is 11.2. The Morgan fingerprint density at radius 3 is 2.92 bits per heavy atom. The number of carbonyl (C=O) groups excluding carboxylic acids is 1. The van der Waals surface area contributed by atoms with Gasteiger partial charge in [0.25, 0.3) is 0 Å². The van der Waals surface area contributed by atoms with Crippen molar-refractivity contribution in [1.29, 1.82) is 0 Å². The largest absolute Gasteiger partial charge is 0.295 e. The molecule has 1 amide bonds. The molecule has 0 aliphatic heterocycles. The van der Waals surface area contributed by atoms with Gasteiger partial charge in [-0.2, -0.15) is 0 Å². The van der Waals surface area contributed by atoms with Crippen molar-refractivity contribution in [1.82, 2.24) is 14.4 Å². The van der Waals surface area contributed by atoms with Crippen LogP contribution in [-0.2, 0) is 4.79 Å². The van der Waals surface area contributed by atoms with Crippen molar-refractivity contribution in [2.24, 2.45) is 0 Å². The Bertz CT molecular complexity index is 1010. The van der Waals surface area contributed by atoms with Crippen molar-refractivity contribution in [3.63, 3.8) is 0 Å². The van der Waals surface area contributed by atoms with Crippen LogP contribution in [0, 0.1) is 0 Å². The maximum Gasteiger partial charge on any atom is 0.239 e. The van der Waals surface area contributed by atoms with Gasteiger partial charge in [0, 0.05) is 12.7 Å². The van der Waals surface area contributed by atoms with E-state index in [9.17, 15) is 4.79 Å². The summed E-state index contributed by atoms with van der Waals surface area (Å²) in [6, 6.07) is 13.9. The number of aromatic nitrogens is 3. The molecule has 3 aromatic heterocycles. The van der Waals surface area contributed by atoms with Crippen molar-refractivity contribution in [2.45, 2.75) is 12.1 Å². The van der Waals surface area contributed by atoms with Gasteiger partial charge in [0.2, 0.25) is 5.91 Å². The number of thioether (sulfide) groups is 1. The van der Waals surface area contributed by atoms with Crippen LogP contribution < -0.4 is 4.90 Å². The Kier molecular flexibility index (Phi) is 4.42. The molecule has 0 bridgehead atoms. The number of imidazole rings is 1. The topological polar surface area (TPSA) is 50.5 Å². The Hall–Kier alpha value is -2.38. The second kappa shape index (κ2) is 6.85. The lowest BCUT2D eigenvalue weighted by molar-refractivity contribution is -0.116. The fourth-order valence-corrected chi connectivity index (χ4v) is 4.51. The number of thiazole rings is 1. The van der Waals surface area contributed by atoms with Crippen LogP contribution in [0.15, 0.2) is 60.0 Å². The van der Waals surface area contributed by atoms with Crippen LogP contribution >= 0.6 is 23.1 Å². The van der Waals surface area contributed by atoms with Gasteiger partial charge >= 0.3 is 0 Å². The highest BCUT2D eigenvalue weighted by molar-refractivity contribution is 7.99. The molecule has 25 heavy (non-hydrogen) atoms. The molecule has 0 atom stereocenters. The van der Waals surface area contributed by atoms with E-state index < -0.39 is 0 Å². The van der Waals surface area contributed by atoms with Gasteiger partial charge in [-0.25, -0.2) is 9.97 Å². The Morgan fingerprint density at radius 2 is 2.08 bits per heavy atom. The zero-order valence-corrected chi connectivity index (χ0v) is 15.3. The van der Waals surface area contributed by atoms with Crippen molar-refractivity contribution in [3.05, 3.63) is 54.9 Å². The summed E-state index contributed by atoms with van der Waals surface area (Å²) < 4.78 is 3.09. The average Bonchev–Trinajstić information content (AvgIpc) is 3.24. The quantitative estimate of drug-likeness (QED) is 0.498. The van der Waals surface area contributed by atoms with E-state index in [1.54, 1.807) is 16.2 Å². The fourth-order valence-electron chi connectivity index (χ4n) is 2.62. The lowest BCUT2D eigenvalue weighted by Crippen LogP contribution is -2.32. The number of hydrogen-bond acceptors (Lipinski definition) is 5. The molecule has 0 N–H and O–H groups in total. The smallest absolute Gasteiger partial charge is 0.239 e. The molecule has 0 aliphatic carbocycles. The van der Waals surface area contributed by atoms with E-state index in [4.69, 9.17) is 0 Å². The molecule has 5 nitrogen and oxygen atoms in total. The van der Waals surface area contributed by atoms with Crippen LogP contribution in [0.5, 0.6) is 0 Å². The molecule has 0 aliphatic rings. The number of fused-ring (bicyclic) bond motifs is 2. The molecule has 0 saturated carbocycles. The van der Waals surface area contributed by atoms with E-state index >= 15 is 0 Å². The van der Waals surface area contributed by atoms with Gasteiger partial charge in [0.05, 0.1) is 27.7 Å². The van der Waals surface area contributed by atoms with E-state index in [2.05, 4.69) is 9.97 Å². The van der Waals surface area contributed by atoms with Crippen LogP contribution in [0.4, 0.5) is 5.13 Å². The number of para-hydroxylation sites is 1. The highest BCUT2D eigenvalue weighted by Gasteiger charge is 2.19. The van der Waals surface area contributed by atoms with Crippen molar-refractivity contribution in [3.8, 4) is 0 Å². The highest BCUT2D eigenvalue weighted by atomic mass is 32.2. The van der Waals surface area contributed by atoms with E-state index in [0.717, 1.165) is 26.0 Å². The monoisotopic (exact) mass is 368 g/mol. The third-order valence-electron chi connectivity index (χ3n) is 3.86. The molecule has 0 unspecified atom stereocenters. The van der Waals surface area contributed by atoms with E-state index in [-0.39, 0.29) is 5.91 Å². The number of nitrogens with zero attached hydrogens (tertiary/aromatic N) is 4. The third kappa shape index (κ3) is 3.12. The van der Waals surface area contributed by atoms with Gasteiger partial charge in [0.15, 0.2) is 10.3 Å². The summed E-state index contributed by atoms with van der Waals surface area (Å²) in [6.45, 7) is 2.57. The van der Waals surface area contributed by atoms with Gasteiger partial charge < -0.3 is 0 Å². The second-order valence-electron chi connectivity index (χ2n) is 5.43. The zero-order chi connectivity index (χ0) is 17.2.